The average Bonchev–Trinajstić information content (AvgIpc) is 3.15. The zero-order valence-corrected chi connectivity index (χ0v) is 11.8. The van der Waals surface area contributed by atoms with Gasteiger partial charge in [0.15, 0.2) is 0 Å². The van der Waals surface area contributed by atoms with Gasteiger partial charge in [-0.15, -0.1) is 0 Å². The SMILES string of the molecule is COc1cc(F)cc(-c2noc(N3CCC[C@H]3C(=O)O)n2)c1. The zero-order valence-electron chi connectivity index (χ0n) is 11.8. The molecule has 2 heterocycles. The van der Waals surface area contributed by atoms with Crippen LogP contribution in [0, 0.1) is 5.82 Å². The number of methoxy groups -OCH3 is 1. The highest BCUT2D eigenvalue weighted by atomic mass is 19.1. The smallest absolute Gasteiger partial charge is 0.326 e. The summed E-state index contributed by atoms with van der Waals surface area (Å²) >= 11 is 0. The van der Waals surface area contributed by atoms with Crippen molar-refractivity contribution in [3.05, 3.63) is 24.0 Å². The minimum Gasteiger partial charge on any atom is -0.497 e. The Kier molecular flexibility index (Phi) is 3.66. The largest absolute Gasteiger partial charge is 0.497 e. The van der Waals surface area contributed by atoms with Crippen molar-refractivity contribution in [2.24, 2.45) is 0 Å². The first-order valence-corrected chi connectivity index (χ1v) is 6.76. The van der Waals surface area contributed by atoms with Crippen molar-refractivity contribution in [2.75, 3.05) is 18.6 Å². The number of anilines is 1. The number of aliphatic carboxylic acids is 1. The molecule has 1 aromatic carbocycles. The molecular weight excluding hydrogens is 293 g/mol. The second-order valence-corrected chi connectivity index (χ2v) is 4.97. The van der Waals surface area contributed by atoms with E-state index in [9.17, 15) is 14.3 Å². The topological polar surface area (TPSA) is 88.7 Å². The van der Waals surface area contributed by atoms with E-state index in [1.165, 1.54) is 19.2 Å². The molecule has 0 radical (unpaired) electrons. The number of hydrogen-bond donors (Lipinski definition) is 1. The van der Waals surface area contributed by atoms with Crippen molar-refractivity contribution < 1.29 is 23.6 Å². The Balaban J connectivity index is 1.91. The number of rotatable bonds is 4. The molecule has 0 spiro atoms. The third-order valence-corrected chi connectivity index (χ3v) is 3.56. The number of carbonyl (C=O) groups is 1. The van der Waals surface area contributed by atoms with E-state index in [0.717, 1.165) is 6.42 Å². The van der Waals surface area contributed by atoms with Crippen molar-refractivity contribution in [3.8, 4) is 17.1 Å². The molecule has 1 aromatic heterocycles. The Hall–Kier alpha value is -2.64. The Morgan fingerprint density at radius 3 is 3.05 bits per heavy atom. The molecule has 1 aliphatic heterocycles. The normalized spacial score (nSPS) is 17.7. The summed E-state index contributed by atoms with van der Waals surface area (Å²) < 4.78 is 23.7. The molecule has 0 bridgehead atoms. The van der Waals surface area contributed by atoms with Crippen LogP contribution in [0.3, 0.4) is 0 Å². The van der Waals surface area contributed by atoms with Gasteiger partial charge >= 0.3 is 12.0 Å². The van der Waals surface area contributed by atoms with Crippen LogP contribution >= 0.6 is 0 Å². The van der Waals surface area contributed by atoms with Gasteiger partial charge in [-0.25, -0.2) is 9.18 Å². The van der Waals surface area contributed by atoms with Crippen LogP contribution in [0.15, 0.2) is 22.7 Å². The molecule has 0 unspecified atom stereocenters. The molecule has 8 heteroatoms. The quantitative estimate of drug-likeness (QED) is 0.923. The maximum Gasteiger partial charge on any atom is 0.326 e. The maximum atomic E-state index is 13.5. The average molecular weight is 307 g/mol. The van der Waals surface area contributed by atoms with Gasteiger partial charge < -0.3 is 19.3 Å². The van der Waals surface area contributed by atoms with Crippen molar-refractivity contribution in [1.82, 2.24) is 10.1 Å². The van der Waals surface area contributed by atoms with Crippen LogP contribution < -0.4 is 9.64 Å². The van der Waals surface area contributed by atoms with E-state index in [0.29, 0.717) is 24.3 Å². The summed E-state index contributed by atoms with van der Waals surface area (Å²) in [5.74, 6) is -0.885. The molecule has 1 N–H and O–H groups in total. The molecule has 0 aliphatic carbocycles. The number of aromatic nitrogens is 2. The van der Waals surface area contributed by atoms with Crippen LogP contribution in [-0.2, 0) is 4.79 Å². The first kappa shape index (κ1) is 14.3. The molecule has 22 heavy (non-hydrogen) atoms. The number of carboxylic acids is 1. The monoisotopic (exact) mass is 307 g/mol. The first-order chi connectivity index (χ1) is 10.6. The van der Waals surface area contributed by atoms with Crippen LogP contribution in [0.2, 0.25) is 0 Å². The first-order valence-electron chi connectivity index (χ1n) is 6.76. The van der Waals surface area contributed by atoms with E-state index < -0.39 is 17.8 Å². The van der Waals surface area contributed by atoms with E-state index in [1.54, 1.807) is 11.0 Å². The van der Waals surface area contributed by atoms with Gasteiger partial charge in [0.2, 0.25) is 5.82 Å². The Bertz CT molecular complexity index is 703. The summed E-state index contributed by atoms with van der Waals surface area (Å²) in [6, 6.07) is 3.54. The minimum absolute atomic E-state index is 0.128. The highest BCUT2D eigenvalue weighted by molar-refractivity contribution is 5.78. The fourth-order valence-corrected chi connectivity index (χ4v) is 2.51. The number of halogens is 1. The number of hydrogen-bond acceptors (Lipinski definition) is 6. The van der Waals surface area contributed by atoms with Crippen molar-refractivity contribution in [1.29, 1.82) is 0 Å². The second-order valence-electron chi connectivity index (χ2n) is 4.97. The van der Waals surface area contributed by atoms with Crippen molar-refractivity contribution >= 4 is 12.0 Å². The minimum atomic E-state index is -0.926. The lowest BCUT2D eigenvalue weighted by atomic mass is 10.2. The summed E-state index contributed by atoms with van der Waals surface area (Å²) in [4.78, 5) is 16.9. The van der Waals surface area contributed by atoms with Gasteiger partial charge in [0.05, 0.1) is 7.11 Å². The van der Waals surface area contributed by atoms with E-state index in [4.69, 9.17) is 9.26 Å². The molecule has 1 fully saturated rings. The second kappa shape index (κ2) is 5.63. The molecule has 1 atom stereocenters. The van der Waals surface area contributed by atoms with Gasteiger partial charge in [-0.3, -0.25) is 0 Å². The van der Waals surface area contributed by atoms with Crippen LogP contribution in [0.25, 0.3) is 11.4 Å². The van der Waals surface area contributed by atoms with Gasteiger partial charge in [-0.05, 0) is 25.0 Å². The third-order valence-electron chi connectivity index (χ3n) is 3.56. The van der Waals surface area contributed by atoms with Crippen LogP contribution in [-0.4, -0.2) is 40.9 Å². The Morgan fingerprint density at radius 2 is 2.32 bits per heavy atom. The summed E-state index contributed by atoms with van der Waals surface area (Å²) in [6.07, 6.45) is 1.27. The number of ether oxygens (including phenoxy) is 1. The molecule has 2 aromatic rings. The zero-order chi connectivity index (χ0) is 15.7. The van der Waals surface area contributed by atoms with Gasteiger partial charge in [0, 0.05) is 18.2 Å². The predicted molar refractivity (Wildman–Crippen MR) is 74.2 cm³/mol. The fourth-order valence-electron chi connectivity index (χ4n) is 2.51. The summed E-state index contributed by atoms with van der Waals surface area (Å²) in [5, 5.41) is 13.0. The molecule has 1 saturated heterocycles. The lowest BCUT2D eigenvalue weighted by Gasteiger charge is -2.17. The lowest BCUT2D eigenvalue weighted by Crippen LogP contribution is -2.36. The standard InChI is InChI=1S/C14H14FN3O4/c1-21-10-6-8(5-9(15)7-10)12-16-14(22-17-12)18-4-2-3-11(18)13(19)20/h5-7,11H,2-4H2,1H3,(H,19,20)/t11-/m0/s1. The van der Waals surface area contributed by atoms with Crippen molar-refractivity contribution in [2.45, 2.75) is 18.9 Å². The number of carboxylic acid groups (broad SMARTS) is 1. The van der Waals surface area contributed by atoms with E-state index in [2.05, 4.69) is 10.1 Å². The summed E-state index contributed by atoms with van der Waals surface area (Å²) in [7, 11) is 1.43. The van der Waals surface area contributed by atoms with E-state index in [1.807, 2.05) is 0 Å². The Morgan fingerprint density at radius 1 is 1.50 bits per heavy atom. The van der Waals surface area contributed by atoms with Gasteiger partial charge in [-0.2, -0.15) is 4.98 Å². The molecule has 0 amide bonds. The van der Waals surface area contributed by atoms with E-state index in [-0.39, 0.29) is 11.8 Å². The maximum absolute atomic E-state index is 13.5. The molecule has 7 nitrogen and oxygen atoms in total. The third kappa shape index (κ3) is 2.59. The Labute approximate surface area is 125 Å². The van der Waals surface area contributed by atoms with Gasteiger partial charge in [-0.1, -0.05) is 5.16 Å². The van der Waals surface area contributed by atoms with Crippen LogP contribution in [0.4, 0.5) is 10.4 Å². The van der Waals surface area contributed by atoms with E-state index >= 15 is 0 Å². The van der Waals surface area contributed by atoms with Crippen LogP contribution in [0.1, 0.15) is 12.8 Å². The molecule has 0 saturated carbocycles. The molecule has 116 valence electrons. The number of benzene rings is 1. The van der Waals surface area contributed by atoms with Gasteiger partial charge in [0.1, 0.15) is 17.6 Å². The molecular formula is C14H14FN3O4. The fraction of sp³-hybridized carbons (Fsp3) is 0.357. The van der Waals surface area contributed by atoms with Gasteiger partial charge in [0.25, 0.3) is 0 Å². The lowest BCUT2D eigenvalue weighted by molar-refractivity contribution is -0.138. The molecule has 1 aliphatic rings. The predicted octanol–water partition coefficient (Wildman–Crippen LogP) is 1.94. The highest BCUT2D eigenvalue weighted by Crippen LogP contribution is 2.28. The van der Waals surface area contributed by atoms with Crippen molar-refractivity contribution in [3.63, 3.8) is 0 Å². The highest BCUT2D eigenvalue weighted by Gasteiger charge is 2.34. The van der Waals surface area contributed by atoms with Crippen LogP contribution in [0.5, 0.6) is 5.75 Å². The summed E-state index contributed by atoms with van der Waals surface area (Å²) in [6.45, 7) is 0.533. The molecule has 3 rings (SSSR count). The number of nitrogens with zero attached hydrogens (tertiary/aromatic N) is 3. The summed E-state index contributed by atoms with van der Waals surface area (Å²) in [5.41, 5.74) is 0.401.